The summed E-state index contributed by atoms with van der Waals surface area (Å²) in [7, 11) is 0. The van der Waals surface area contributed by atoms with Gasteiger partial charge in [0.2, 0.25) is 0 Å². The molecule has 0 saturated carbocycles. The SMILES string of the molecule is C=C1/C=C(c2cccc3c2SC2C=CC=CC32)\C=C(\c2cccc3c4c(sc23)CCC=C4)Oc2cccc(C3NC(c4ccccc4)=NC(c4ccccc4)N3)c21. The van der Waals surface area contributed by atoms with Crippen LogP contribution in [0.15, 0.2) is 174 Å². The molecule has 57 heavy (non-hydrogen) atoms. The predicted molar refractivity (Wildman–Crippen MR) is 240 cm³/mol. The molecule has 0 saturated heterocycles. The molecule has 276 valence electrons. The molecule has 4 unspecified atom stereocenters. The number of benzene rings is 5. The van der Waals surface area contributed by atoms with E-state index in [2.05, 4.69) is 162 Å². The molecule has 2 aliphatic carbocycles. The molecule has 4 atom stereocenters. The number of fused-ring (bicyclic) bond motifs is 7. The third-order valence-electron chi connectivity index (χ3n) is 11.5. The number of aryl methyl sites for hydroxylation is 1. The van der Waals surface area contributed by atoms with Crippen molar-refractivity contribution in [1.29, 1.82) is 0 Å². The van der Waals surface area contributed by atoms with E-state index in [-0.39, 0.29) is 12.3 Å². The Morgan fingerprint density at radius 2 is 1.56 bits per heavy atom. The molecule has 1 aromatic heterocycles. The topological polar surface area (TPSA) is 45.6 Å². The van der Waals surface area contributed by atoms with E-state index < -0.39 is 0 Å². The molecule has 5 aromatic carbocycles. The first kappa shape index (κ1) is 34.3. The van der Waals surface area contributed by atoms with Crippen molar-refractivity contribution in [3.63, 3.8) is 0 Å². The van der Waals surface area contributed by atoms with Crippen molar-refractivity contribution in [3.8, 4) is 5.75 Å². The molecule has 0 radical (unpaired) electrons. The van der Waals surface area contributed by atoms with Gasteiger partial charge in [-0.15, -0.1) is 23.1 Å². The maximum Gasteiger partial charge on any atom is 0.136 e. The summed E-state index contributed by atoms with van der Waals surface area (Å²) in [4.78, 5) is 7.96. The largest absolute Gasteiger partial charge is 0.456 e. The van der Waals surface area contributed by atoms with E-state index >= 15 is 0 Å². The fourth-order valence-electron chi connectivity index (χ4n) is 8.82. The van der Waals surface area contributed by atoms with Crippen molar-refractivity contribution in [2.24, 2.45) is 4.99 Å². The predicted octanol–water partition coefficient (Wildman–Crippen LogP) is 12.4. The first-order valence-corrected chi connectivity index (χ1v) is 21.4. The van der Waals surface area contributed by atoms with Crippen molar-refractivity contribution in [2.75, 3.05) is 0 Å². The average Bonchev–Trinajstić information content (AvgIpc) is 3.84. The molecule has 0 fully saturated rings. The van der Waals surface area contributed by atoms with Crippen LogP contribution in [-0.2, 0) is 6.42 Å². The van der Waals surface area contributed by atoms with Crippen LogP contribution in [0.4, 0.5) is 0 Å². The lowest BCUT2D eigenvalue weighted by molar-refractivity contribution is 0.406. The number of hydrogen-bond donors (Lipinski definition) is 2. The Morgan fingerprint density at radius 3 is 2.46 bits per heavy atom. The number of rotatable bonds is 5. The van der Waals surface area contributed by atoms with Crippen LogP contribution in [0.2, 0.25) is 0 Å². The Balaban J connectivity index is 1.09. The smallest absolute Gasteiger partial charge is 0.136 e. The van der Waals surface area contributed by atoms with Crippen molar-refractivity contribution < 1.29 is 4.74 Å². The minimum atomic E-state index is -0.292. The molecule has 3 aliphatic heterocycles. The van der Waals surface area contributed by atoms with Gasteiger partial charge >= 0.3 is 0 Å². The van der Waals surface area contributed by atoms with Crippen molar-refractivity contribution in [3.05, 3.63) is 214 Å². The summed E-state index contributed by atoms with van der Waals surface area (Å²) < 4.78 is 8.55. The number of thiophene rings is 1. The van der Waals surface area contributed by atoms with Gasteiger partial charge in [0.25, 0.3) is 0 Å². The summed E-state index contributed by atoms with van der Waals surface area (Å²) >= 11 is 3.87. The molecule has 2 N–H and O–H groups in total. The van der Waals surface area contributed by atoms with Gasteiger partial charge in [-0.1, -0.05) is 146 Å². The highest BCUT2D eigenvalue weighted by Gasteiger charge is 2.34. The van der Waals surface area contributed by atoms with Gasteiger partial charge in [-0.3, -0.25) is 5.32 Å². The highest BCUT2D eigenvalue weighted by molar-refractivity contribution is 8.00. The number of thioether (sulfide) groups is 1. The van der Waals surface area contributed by atoms with Crippen LogP contribution in [0.5, 0.6) is 5.75 Å². The van der Waals surface area contributed by atoms with E-state index in [0.29, 0.717) is 11.2 Å². The molecule has 5 aliphatic rings. The third-order valence-corrected chi connectivity index (χ3v) is 14.3. The molecular formula is C51H39N3OS2. The van der Waals surface area contributed by atoms with Gasteiger partial charge in [0.05, 0.1) is 0 Å². The second-order valence-corrected chi connectivity index (χ2v) is 17.3. The minimum Gasteiger partial charge on any atom is -0.456 e. The molecule has 6 heteroatoms. The monoisotopic (exact) mass is 773 g/mol. The number of nitrogens with one attached hydrogen (secondary N) is 2. The Bertz CT molecular complexity index is 2790. The summed E-state index contributed by atoms with van der Waals surface area (Å²) in [5.74, 6) is 2.80. The minimum absolute atomic E-state index is 0.264. The van der Waals surface area contributed by atoms with Gasteiger partial charge in [-0.2, -0.15) is 0 Å². The van der Waals surface area contributed by atoms with Gasteiger partial charge in [0, 0.05) is 53.3 Å². The van der Waals surface area contributed by atoms with E-state index in [1.54, 1.807) is 0 Å². The van der Waals surface area contributed by atoms with Crippen LogP contribution in [-0.4, -0.2) is 11.1 Å². The van der Waals surface area contributed by atoms with Crippen molar-refractivity contribution >= 4 is 62.0 Å². The standard InChI is InChI=1S/C51H39N3OS2/c1-31-29-34(35-21-12-22-38-36-19-8-10-27-44(36)56-47(35)38)30-43(40-24-13-23-39-37-20-9-11-28-45(37)57-48(39)40)55-42-26-14-25-41(46(31)42)51-53-49(32-15-4-2-5-16-32)52-50(54-51)33-17-6-3-7-18-33/h2-10,12-27,29-30,36,44,49,51,53H,1,11,28H2,(H,52,54)/b34-29+,43-30-. The van der Waals surface area contributed by atoms with Crippen molar-refractivity contribution in [1.82, 2.24) is 10.6 Å². The molecule has 0 bridgehead atoms. The van der Waals surface area contributed by atoms with Crippen LogP contribution in [0, 0.1) is 0 Å². The maximum atomic E-state index is 7.29. The quantitative estimate of drug-likeness (QED) is 0.183. The maximum absolute atomic E-state index is 7.29. The lowest BCUT2D eigenvalue weighted by atomic mass is 9.88. The second kappa shape index (κ2) is 14.2. The Labute approximate surface area is 341 Å². The fourth-order valence-corrected chi connectivity index (χ4v) is 11.6. The lowest BCUT2D eigenvalue weighted by Gasteiger charge is -2.34. The van der Waals surface area contributed by atoms with Gasteiger partial charge in [-0.25, -0.2) is 4.99 Å². The van der Waals surface area contributed by atoms with E-state index in [1.807, 2.05) is 35.2 Å². The Kier molecular flexibility index (Phi) is 8.57. The highest BCUT2D eigenvalue weighted by atomic mass is 32.2. The summed E-state index contributed by atoms with van der Waals surface area (Å²) in [5, 5.41) is 9.29. The second-order valence-electron chi connectivity index (χ2n) is 15.0. The molecule has 4 nitrogen and oxygen atoms in total. The first-order valence-electron chi connectivity index (χ1n) is 19.7. The summed E-state index contributed by atoms with van der Waals surface area (Å²) in [5.41, 5.74) is 11.2. The van der Waals surface area contributed by atoms with Crippen LogP contribution in [0.3, 0.4) is 0 Å². The average molecular weight is 774 g/mol. The summed E-state index contributed by atoms with van der Waals surface area (Å²) in [6.07, 6.45) is 19.8. The molecular weight excluding hydrogens is 735 g/mol. The molecule has 11 rings (SSSR count). The fraction of sp³-hybridized carbons (Fsp3) is 0.118. The van der Waals surface area contributed by atoms with E-state index in [0.717, 1.165) is 69.1 Å². The third kappa shape index (κ3) is 6.07. The Morgan fingerprint density at radius 1 is 0.772 bits per heavy atom. The Hall–Kier alpha value is -5.92. The summed E-state index contributed by atoms with van der Waals surface area (Å²) in [6, 6.07) is 40.6. The number of ether oxygens (including phenoxy) is 1. The van der Waals surface area contributed by atoms with Crippen molar-refractivity contribution in [2.45, 2.75) is 41.2 Å². The normalized spacial score (nSPS) is 23.6. The number of aliphatic imine (C=N–C) groups is 1. The van der Waals surface area contributed by atoms with Crippen LogP contribution >= 0.6 is 23.1 Å². The molecule has 0 amide bonds. The van der Waals surface area contributed by atoms with E-state index in [4.69, 9.17) is 16.3 Å². The number of nitrogens with zero attached hydrogens (tertiary/aromatic N) is 1. The molecule has 0 spiro atoms. The zero-order valence-electron chi connectivity index (χ0n) is 31.2. The van der Waals surface area contributed by atoms with E-state index in [1.165, 1.54) is 36.5 Å². The highest BCUT2D eigenvalue weighted by Crippen LogP contribution is 2.52. The van der Waals surface area contributed by atoms with E-state index in [9.17, 15) is 0 Å². The summed E-state index contributed by atoms with van der Waals surface area (Å²) in [6.45, 7) is 4.79. The lowest BCUT2D eigenvalue weighted by Crippen LogP contribution is -2.45. The zero-order chi connectivity index (χ0) is 37.9. The molecule has 4 heterocycles. The molecule has 6 aromatic rings. The number of hydrogen-bond acceptors (Lipinski definition) is 6. The zero-order valence-corrected chi connectivity index (χ0v) is 32.8. The first-order chi connectivity index (χ1) is 28.2. The number of allylic oxidation sites excluding steroid dienone is 8. The van der Waals surface area contributed by atoms with Crippen LogP contribution in [0.25, 0.3) is 33.1 Å². The van der Waals surface area contributed by atoms with Gasteiger partial charge in [0.15, 0.2) is 0 Å². The van der Waals surface area contributed by atoms with Crippen LogP contribution < -0.4 is 15.4 Å². The van der Waals surface area contributed by atoms with Gasteiger partial charge < -0.3 is 10.1 Å². The van der Waals surface area contributed by atoms with Gasteiger partial charge in [-0.05, 0) is 70.5 Å². The van der Waals surface area contributed by atoms with Crippen LogP contribution in [0.1, 0.15) is 74.1 Å². The number of amidine groups is 1. The van der Waals surface area contributed by atoms with Gasteiger partial charge in [0.1, 0.15) is 29.7 Å².